The number of allylic oxidation sites excluding steroid dienone is 8. The van der Waals surface area contributed by atoms with Crippen LogP contribution in [0.1, 0.15) is 70.1 Å². The van der Waals surface area contributed by atoms with Crippen LogP contribution in [0.4, 0.5) is 0 Å². The summed E-state index contributed by atoms with van der Waals surface area (Å²) in [5.74, 6) is 0.700. The summed E-state index contributed by atoms with van der Waals surface area (Å²) in [6, 6.07) is 6.54. The van der Waals surface area contributed by atoms with E-state index in [1.54, 1.807) is 5.56 Å². The second kappa shape index (κ2) is 15.7. The number of nitrogens with zero attached hydrogens (tertiary/aromatic N) is 1. The second-order valence-electron chi connectivity index (χ2n) is 7.66. The van der Waals surface area contributed by atoms with Gasteiger partial charge in [-0.15, -0.1) is 0 Å². The summed E-state index contributed by atoms with van der Waals surface area (Å²) in [6.07, 6.45) is 12.8. The monoisotopic (exact) mass is 407 g/mol. The van der Waals surface area contributed by atoms with E-state index in [1.165, 1.54) is 41.8 Å². The lowest BCUT2D eigenvalue weighted by molar-refractivity contribution is 0.698. The Hall–Kier alpha value is -2.12. The lowest BCUT2D eigenvalue weighted by Crippen LogP contribution is -2.05. The average Bonchev–Trinajstić information content (AvgIpc) is 3.48. The molecule has 1 heterocycles. The number of likely N-dealkylation sites (N-methyl/N-ethyl adjacent to an activating group) is 1. The number of hydrogen-bond acceptors (Lipinski definition) is 1. The topological polar surface area (TPSA) is 3.01 Å². The standard InChI is InChI=1S/C12H14.C12H18.C3H7N.C2H6/c1-9-5-3-6-10(2)12(9)11-7-4-8-11;1-6-9-12(10(4)5)11(7-2)8-3;1-4-2-3-4;1-2/h3-7,11H,8H2,1-2H3;6-7,9H,2,4,8H2,1,3,5H3;2-3H2,1H3;1-2H3/b;9-6-,12-11-;;. The third-order valence-electron chi connectivity index (χ3n) is 5.11. The third-order valence-corrected chi connectivity index (χ3v) is 5.11. The highest BCUT2D eigenvalue weighted by Crippen LogP contribution is 2.33. The van der Waals surface area contributed by atoms with Crippen molar-refractivity contribution in [2.75, 3.05) is 20.1 Å². The second-order valence-corrected chi connectivity index (χ2v) is 7.66. The lowest BCUT2D eigenvalue weighted by atomic mass is 9.83. The minimum Gasteiger partial charge on any atom is -0.304 e. The quantitative estimate of drug-likeness (QED) is 0.269. The van der Waals surface area contributed by atoms with E-state index in [0.29, 0.717) is 5.92 Å². The molecule has 166 valence electrons. The van der Waals surface area contributed by atoms with Gasteiger partial charge in [0.1, 0.15) is 0 Å². The molecule has 0 amide bonds. The molecule has 1 aliphatic heterocycles. The van der Waals surface area contributed by atoms with Gasteiger partial charge in [-0.2, -0.15) is 0 Å². The zero-order valence-corrected chi connectivity index (χ0v) is 20.9. The summed E-state index contributed by atoms with van der Waals surface area (Å²) >= 11 is 0. The molecule has 0 radical (unpaired) electrons. The molecule has 1 saturated heterocycles. The first-order valence-corrected chi connectivity index (χ1v) is 11.4. The van der Waals surface area contributed by atoms with Gasteiger partial charge >= 0.3 is 0 Å². The van der Waals surface area contributed by atoms with Crippen LogP contribution in [-0.2, 0) is 0 Å². The Morgan fingerprint density at radius 2 is 1.67 bits per heavy atom. The molecule has 30 heavy (non-hydrogen) atoms. The SMILES string of the molecule is C=C/C(CC)=C(\C=C/C)C(=C)C.CC.CN1CC1.Cc1cccc(C)c1C1C=CC1. The van der Waals surface area contributed by atoms with E-state index < -0.39 is 0 Å². The summed E-state index contributed by atoms with van der Waals surface area (Å²) in [4.78, 5) is 2.25. The summed E-state index contributed by atoms with van der Waals surface area (Å²) in [5.41, 5.74) is 7.99. The molecule has 1 atom stereocenters. The Kier molecular flexibility index (Phi) is 14.6. The highest BCUT2D eigenvalue weighted by molar-refractivity contribution is 5.44. The van der Waals surface area contributed by atoms with Gasteiger partial charge in [-0.3, -0.25) is 0 Å². The Bertz CT molecular complexity index is 721. The van der Waals surface area contributed by atoms with E-state index in [9.17, 15) is 0 Å². The van der Waals surface area contributed by atoms with Crippen LogP contribution in [0.3, 0.4) is 0 Å². The number of hydrogen-bond donors (Lipinski definition) is 0. The van der Waals surface area contributed by atoms with E-state index in [1.807, 2.05) is 39.8 Å². The van der Waals surface area contributed by atoms with Gasteiger partial charge in [0.15, 0.2) is 0 Å². The first-order chi connectivity index (χ1) is 14.3. The third kappa shape index (κ3) is 10.1. The normalized spacial score (nSPS) is 17.1. The summed E-state index contributed by atoms with van der Waals surface area (Å²) < 4.78 is 0. The smallest absolute Gasteiger partial charge is 0.0107 e. The van der Waals surface area contributed by atoms with Gasteiger partial charge < -0.3 is 4.90 Å². The molecule has 1 aromatic carbocycles. The van der Waals surface area contributed by atoms with Crippen LogP contribution in [0.5, 0.6) is 0 Å². The van der Waals surface area contributed by atoms with Crippen molar-refractivity contribution >= 4 is 0 Å². The molecule has 1 unspecified atom stereocenters. The lowest BCUT2D eigenvalue weighted by Gasteiger charge is -2.22. The van der Waals surface area contributed by atoms with Crippen molar-refractivity contribution in [2.24, 2.45) is 0 Å². The van der Waals surface area contributed by atoms with E-state index in [-0.39, 0.29) is 0 Å². The van der Waals surface area contributed by atoms with Gasteiger partial charge in [-0.25, -0.2) is 0 Å². The van der Waals surface area contributed by atoms with E-state index in [2.05, 4.69) is 82.3 Å². The maximum atomic E-state index is 3.93. The molecule has 2 aliphatic rings. The Morgan fingerprint density at radius 1 is 1.17 bits per heavy atom. The number of benzene rings is 1. The van der Waals surface area contributed by atoms with Gasteiger partial charge in [0, 0.05) is 19.0 Å². The summed E-state index contributed by atoms with van der Waals surface area (Å²) in [7, 11) is 2.11. The number of rotatable bonds is 5. The van der Waals surface area contributed by atoms with Gasteiger partial charge in [0.05, 0.1) is 0 Å². The maximum Gasteiger partial charge on any atom is 0.0107 e. The molecule has 0 N–H and O–H groups in total. The molecule has 0 saturated carbocycles. The fraction of sp³-hybridized carbons (Fsp3) is 0.448. The highest BCUT2D eigenvalue weighted by Gasteiger charge is 2.16. The fourth-order valence-electron chi connectivity index (χ4n) is 3.13. The predicted molar refractivity (Wildman–Crippen MR) is 138 cm³/mol. The zero-order chi connectivity index (χ0) is 23.1. The minimum absolute atomic E-state index is 0.700. The maximum absolute atomic E-state index is 3.93. The van der Waals surface area contributed by atoms with Gasteiger partial charge in [0.25, 0.3) is 0 Å². The molecule has 1 fully saturated rings. The van der Waals surface area contributed by atoms with Crippen molar-refractivity contribution in [3.8, 4) is 0 Å². The molecule has 1 aliphatic carbocycles. The largest absolute Gasteiger partial charge is 0.304 e. The van der Waals surface area contributed by atoms with Crippen LogP contribution in [0.15, 0.2) is 78.5 Å². The van der Waals surface area contributed by atoms with E-state index >= 15 is 0 Å². The predicted octanol–water partition coefficient (Wildman–Crippen LogP) is 8.34. The van der Waals surface area contributed by atoms with Crippen molar-refractivity contribution < 1.29 is 0 Å². The molecule has 0 spiro atoms. The Labute approximate surface area is 187 Å². The van der Waals surface area contributed by atoms with E-state index in [0.717, 1.165) is 12.0 Å². The molecule has 0 bridgehead atoms. The zero-order valence-electron chi connectivity index (χ0n) is 20.9. The van der Waals surface area contributed by atoms with Gasteiger partial charge in [0.2, 0.25) is 0 Å². The summed E-state index contributed by atoms with van der Waals surface area (Å²) in [6.45, 7) is 24.9. The van der Waals surface area contributed by atoms with Crippen LogP contribution < -0.4 is 0 Å². The first-order valence-electron chi connectivity index (χ1n) is 11.4. The van der Waals surface area contributed by atoms with Crippen molar-refractivity contribution in [1.82, 2.24) is 4.90 Å². The molecular weight excluding hydrogens is 362 g/mol. The Balaban J connectivity index is 0.000000442. The highest BCUT2D eigenvalue weighted by atomic mass is 15.2. The fourth-order valence-corrected chi connectivity index (χ4v) is 3.13. The van der Waals surface area contributed by atoms with Crippen molar-refractivity contribution in [1.29, 1.82) is 0 Å². The minimum atomic E-state index is 0.700. The molecule has 1 aromatic rings. The van der Waals surface area contributed by atoms with Crippen LogP contribution in [0.2, 0.25) is 0 Å². The number of aryl methyl sites for hydroxylation is 2. The summed E-state index contributed by atoms with van der Waals surface area (Å²) in [5, 5.41) is 0. The van der Waals surface area contributed by atoms with Gasteiger partial charge in [-0.05, 0) is 75.4 Å². The average molecular weight is 408 g/mol. The van der Waals surface area contributed by atoms with Gasteiger partial charge in [-0.1, -0.05) is 88.1 Å². The molecule has 1 nitrogen and oxygen atoms in total. The Morgan fingerprint density at radius 3 is 1.93 bits per heavy atom. The molecular formula is C29H45N. The van der Waals surface area contributed by atoms with Crippen LogP contribution in [-0.4, -0.2) is 25.0 Å². The molecule has 3 rings (SSSR count). The molecule has 1 heteroatoms. The molecule has 0 aromatic heterocycles. The van der Waals surface area contributed by atoms with Crippen molar-refractivity contribution in [3.05, 3.63) is 95.1 Å². The van der Waals surface area contributed by atoms with Crippen LogP contribution in [0.25, 0.3) is 0 Å². The van der Waals surface area contributed by atoms with Crippen LogP contribution >= 0.6 is 0 Å². The van der Waals surface area contributed by atoms with E-state index in [4.69, 9.17) is 0 Å². The van der Waals surface area contributed by atoms with Crippen molar-refractivity contribution in [2.45, 2.75) is 67.2 Å². The first kappa shape index (κ1) is 27.9. The van der Waals surface area contributed by atoms with Crippen molar-refractivity contribution in [3.63, 3.8) is 0 Å². The van der Waals surface area contributed by atoms with Crippen LogP contribution in [0, 0.1) is 13.8 Å².